The van der Waals surface area contributed by atoms with Crippen molar-refractivity contribution in [3.05, 3.63) is 82.3 Å². The largest absolute Gasteiger partial charge is 0.486 e. The number of rotatable bonds is 11. The van der Waals surface area contributed by atoms with Crippen molar-refractivity contribution in [1.29, 1.82) is 0 Å². The smallest absolute Gasteiger partial charge is 0.264 e. The molecule has 0 spiro atoms. The second-order valence-electron chi connectivity index (χ2n) is 9.92. The first-order valence-corrected chi connectivity index (χ1v) is 15.7. The number of halogens is 2. The fourth-order valence-electron chi connectivity index (χ4n) is 4.32. The van der Waals surface area contributed by atoms with Crippen molar-refractivity contribution in [3.63, 3.8) is 0 Å². The van der Waals surface area contributed by atoms with Crippen LogP contribution in [0.1, 0.15) is 32.8 Å². The maximum absolute atomic E-state index is 14.1. The lowest BCUT2D eigenvalue weighted by atomic mass is 10.1. The van der Waals surface area contributed by atoms with Gasteiger partial charge in [0.2, 0.25) is 11.8 Å². The van der Waals surface area contributed by atoms with Gasteiger partial charge in [0, 0.05) is 18.7 Å². The minimum Gasteiger partial charge on any atom is -0.486 e. The van der Waals surface area contributed by atoms with Gasteiger partial charge in [-0.15, -0.1) is 0 Å². The number of hydrogen-bond donors (Lipinski definition) is 1. The quantitative estimate of drug-likeness (QED) is 0.308. The summed E-state index contributed by atoms with van der Waals surface area (Å²) in [5.74, 6) is -0.116. The second kappa shape index (κ2) is 13.7. The third-order valence-corrected chi connectivity index (χ3v) is 9.46. The van der Waals surface area contributed by atoms with Crippen LogP contribution >= 0.6 is 23.2 Å². The van der Waals surface area contributed by atoms with Crippen molar-refractivity contribution in [3.8, 4) is 11.5 Å². The molecule has 4 rings (SSSR count). The zero-order valence-electron chi connectivity index (χ0n) is 23.5. The van der Waals surface area contributed by atoms with Crippen LogP contribution < -0.4 is 19.1 Å². The minimum absolute atomic E-state index is 0.00582. The zero-order valence-corrected chi connectivity index (χ0v) is 25.9. The number of carbonyl (C=O) groups is 2. The number of fused-ring (bicyclic) bond motifs is 1. The normalized spacial score (nSPS) is 14.0. The molecule has 1 heterocycles. The van der Waals surface area contributed by atoms with E-state index in [1.54, 1.807) is 55.5 Å². The maximum atomic E-state index is 14.1. The summed E-state index contributed by atoms with van der Waals surface area (Å²) in [6.45, 7) is 5.50. The number of amides is 2. The molecule has 1 aliphatic heterocycles. The summed E-state index contributed by atoms with van der Waals surface area (Å²) >= 11 is 12.3. The molecule has 0 saturated carbocycles. The Kier molecular flexibility index (Phi) is 10.2. The van der Waals surface area contributed by atoms with Gasteiger partial charge in [-0.3, -0.25) is 13.9 Å². The maximum Gasteiger partial charge on any atom is 0.264 e. The van der Waals surface area contributed by atoms with Gasteiger partial charge in [0.25, 0.3) is 10.0 Å². The standard InChI is InChI=1S/C30H33Cl2N3O6S/c1-4-20(2)33-30(37)21(3)34(18-22-10-12-25(31)26(32)16-22)29(36)19-35(42(38,39)24-8-6-5-7-9-24)23-11-13-27-28(17-23)41-15-14-40-27/h5-13,16-17,20-21H,4,14-15,18-19H2,1-3H3,(H,33,37). The molecule has 0 saturated heterocycles. The van der Waals surface area contributed by atoms with Crippen LogP contribution in [0.3, 0.4) is 0 Å². The van der Waals surface area contributed by atoms with Gasteiger partial charge in [-0.2, -0.15) is 0 Å². The molecule has 224 valence electrons. The lowest BCUT2D eigenvalue weighted by Gasteiger charge is -2.32. The Hall–Kier alpha value is -3.47. The third kappa shape index (κ3) is 7.29. The van der Waals surface area contributed by atoms with Crippen molar-refractivity contribution in [2.24, 2.45) is 0 Å². The van der Waals surface area contributed by atoms with E-state index in [9.17, 15) is 18.0 Å². The van der Waals surface area contributed by atoms with Crippen LogP contribution in [0.25, 0.3) is 0 Å². The van der Waals surface area contributed by atoms with Crippen LogP contribution in [0.2, 0.25) is 10.0 Å². The highest BCUT2D eigenvalue weighted by molar-refractivity contribution is 7.92. The summed E-state index contributed by atoms with van der Waals surface area (Å²) in [6.07, 6.45) is 0.701. The zero-order chi connectivity index (χ0) is 30.4. The Bertz CT molecular complexity index is 1540. The van der Waals surface area contributed by atoms with Gasteiger partial charge in [0.05, 0.1) is 20.6 Å². The van der Waals surface area contributed by atoms with Crippen molar-refractivity contribution in [2.75, 3.05) is 24.1 Å². The Morgan fingerprint density at radius 1 is 0.929 bits per heavy atom. The summed E-state index contributed by atoms with van der Waals surface area (Å²) in [7, 11) is -4.21. The van der Waals surface area contributed by atoms with Gasteiger partial charge in [-0.25, -0.2) is 8.42 Å². The predicted molar refractivity (Wildman–Crippen MR) is 163 cm³/mol. The van der Waals surface area contributed by atoms with E-state index in [1.165, 1.54) is 23.1 Å². The molecule has 2 unspecified atom stereocenters. The number of benzene rings is 3. The SMILES string of the molecule is CCC(C)NC(=O)C(C)N(Cc1ccc(Cl)c(Cl)c1)C(=O)CN(c1ccc2c(c1)OCCO2)S(=O)(=O)c1ccccc1. The van der Waals surface area contributed by atoms with Crippen LogP contribution in [0.5, 0.6) is 11.5 Å². The summed E-state index contributed by atoms with van der Waals surface area (Å²) in [4.78, 5) is 28.6. The molecule has 1 N–H and O–H groups in total. The molecule has 42 heavy (non-hydrogen) atoms. The van der Waals surface area contributed by atoms with E-state index in [-0.39, 0.29) is 29.1 Å². The highest BCUT2D eigenvalue weighted by atomic mass is 35.5. The second-order valence-corrected chi connectivity index (χ2v) is 12.6. The molecule has 3 aromatic rings. The first-order valence-electron chi connectivity index (χ1n) is 13.5. The summed E-state index contributed by atoms with van der Waals surface area (Å²) in [6, 6.07) is 16.4. The fourth-order valence-corrected chi connectivity index (χ4v) is 6.07. The van der Waals surface area contributed by atoms with Crippen molar-refractivity contribution in [2.45, 2.75) is 50.7 Å². The molecule has 12 heteroatoms. The monoisotopic (exact) mass is 633 g/mol. The van der Waals surface area contributed by atoms with Crippen LogP contribution in [-0.4, -0.2) is 57.0 Å². The van der Waals surface area contributed by atoms with Crippen molar-refractivity contribution in [1.82, 2.24) is 10.2 Å². The summed E-state index contributed by atoms with van der Waals surface area (Å²) < 4.78 is 40.2. The lowest BCUT2D eigenvalue weighted by Crippen LogP contribution is -2.52. The number of sulfonamides is 1. The molecule has 2 amide bonds. The number of nitrogens with one attached hydrogen (secondary N) is 1. The highest BCUT2D eigenvalue weighted by Crippen LogP contribution is 2.36. The Morgan fingerprint density at radius 3 is 2.29 bits per heavy atom. The van der Waals surface area contributed by atoms with Crippen LogP contribution in [-0.2, 0) is 26.2 Å². The number of carbonyl (C=O) groups excluding carboxylic acids is 2. The number of nitrogens with zero attached hydrogens (tertiary/aromatic N) is 2. The average Bonchev–Trinajstić information content (AvgIpc) is 2.99. The molecular weight excluding hydrogens is 601 g/mol. The first-order chi connectivity index (χ1) is 20.0. The van der Waals surface area contributed by atoms with Gasteiger partial charge in [0.1, 0.15) is 25.8 Å². The van der Waals surface area contributed by atoms with Gasteiger partial charge in [-0.1, -0.05) is 54.4 Å². The number of hydrogen-bond acceptors (Lipinski definition) is 6. The number of ether oxygens (including phenoxy) is 2. The summed E-state index contributed by atoms with van der Waals surface area (Å²) in [5, 5.41) is 3.55. The molecule has 0 bridgehead atoms. The highest BCUT2D eigenvalue weighted by Gasteiger charge is 2.33. The molecule has 0 radical (unpaired) electrons. The molecule has 9 nitrogen and oxygen atoms in total. The Balaban J connectivity index is 1.73. The molecule has 2 atom stereocenters. The van der Waals surface area contributed by atoms with E-state index >= 15 is 0 Å². The molecular formula is C30H33Cl2N3O6S. The van der Waals surface area contributed by atoms with E-state index < -0.39 is 28.5 Å². The molecule has 0 aliphatic carbocycles. The van der Waals surface area contributed by atoms with Crippen molar-refractivity contribution < 1.29 is 27.5 Å². The predicted octanol–water partition coefficient (Wildman–Crippen LogP) is 5.29. The van der Waals surface area contributed by atoms with E-state index in [2.05, 4.69) is 5.32 Å². The van der Waals surface area contributed by atoms with E-state index in [0.29, 0.717) is 46.7 Å². The molecule has 0 aromatic heterocycles. The third-order valence-electron chi connectivity index (χ3n) is 6.93. The lowest BCUT2D eigenvalue weighted by molar-refractivity contribution is -0.139. The molecule has 1 aliphatic rings. The van der Waals surface area contributed by atoms with Gasteiger partial charge < -0.3 is 19.7 Å². The van der Waals surface area contributed by atoms with Gasteiger partial charge >= 0.3 is 0 Å². The van der Waals surface area contributed by atoms with Crippen LogP contribution in [0.15, 0.2) is 71.6 Å². The molecule has 3 aromatic carbocycles. The number of anilines is 1. The van der Waals surface area contributed by atoms with Crippen LogP contribution in [0, 0.1) is 0 Å². The summed E-state index contributed by atoms with van der Waals surface area (Å²) in [5.41, 5.74) is 0.834. The Morgan fingerprint density at radius 2 is 1.62 bits per heavy atom. The van der Waals surface area contributed by atoms with E-state index in [0.717, 1.165) is 4.31 Å². The van der Waals surface area contributed by atoms with Gasteiger partial charge in [-0.05, 0) is 62.2 Å². The van der Waals surface area contributed by atoms with E-state index in [1.807, 2.05) is 13.8 Å². The van der Waals surface area contributed by atoms with E-state index in [4.69, 9.17) is 32.7 Å². The topological polar surface area (TPSA) is 105 Å². The minimum atomic E-state index is -4.21. The van der Waals surface area contributed by atoms with Crippen LogP contribution in [0.4, 0.5) is 5.69 Å². The van der Waals surface area contributed by atoms with Gasteiger partial charge in [0.15, 0.2) is 11.5 Å². The molecule has 0 fully saturated rings. The first kappa shape index (κ1) is 31.5. The fraction of sp³-hybridized carbons (Fsp3) is 0.333. The average molecular weight is 635 g/mol. The Labute approximate surface area is 256 Å². The van der Waals surface area contributed by atoms with Crippen molar-refractivity contribution >= 4 is 50.7 Å².